The molecule has 27 heavy (non-hydrogen) atoms. The predicted octanol–water partition coefficient (Wildman–Crippen LogP) is 3.09. The zero-order chi connectivity index (χ0) is 20.0. The molecular formula is C20H21NO6. The number of ether oxygens (including phenoxy) is 3. The smallest absolute Gasteiger partial charge is 0.337 e. The molecule has 0 aromatic heterocycles. The minimum atomic E-state index is -0.844. The first kappa shape index (κ1) is 20.0. The molecule has 2 rings (SSSR count). The summed E-state index contributed by atoms with van der Waals surface area (Å²) >= 11 is 0. The van der Waals surface area contributed by atoms with E-state index < -0.39 is 18.0 Å². The molecular weight excluding hydrogens is 350 g/mol. The second-order valence-electron chi connectivity index (χ2n) is 5.74. The van der Waals surface area contributed by atoms with Crippen molar-refractivity contribution in [3.05, 3.63) is 53.6 Å². The lowest BCUT2D eigenvalue weighted by molar-refractivity contribution is -0.122. The van der Waals surface area contributed by atoms with Gasteiger partial charge >= 0.3 is 5.97 Å². The van der Waals surface area contributed by atoms with Crippen LogP contribution in [-0.2, 0) is 9.53 Å². The molecule has 0 fully saturated rings. The first-order chi connectivity index (χ1) is 12.8. The first-order valence-electron chi connectivity index (χ1n) is 8.20. The summed E-state index contributed by atoms with van der Waals surface area (Å²) in [5.41, 5.74) is 1.30. The maximum atomic E-state index is 12.4. The fourth-order valence-electron chi connectivity index (χ4n) is 2.31. The number of rotatable bonds is 7. The quantitative estimate of drug-likeness (QED) is 0.594. The summed E-state index contributed by atoms with van der Waals surface area (Å²) in [5.74, 6) is -0.377. The Morgan fingerprint density at radius 3 is 2.33 bits per heavy atom. The molecule has 0 unspecified atom stereocenters. The maximum absolute atomic E-state index is 12.4. The number of ketones is 1. The average Bonchev–Trinajstić information content (AvgIpc) is 2.67. The fraction of sp³-hybridized carbons (Fsp3) is 0.250. The monoisotopic (exact) mass is 371 g/mol. The van der Waals surface area contributed by atoms with Gasteiger partial charge in [-0.15, -0.1) is 0 Å². The molecule has 1 N–H and O–H groups in total. The van der Waals surface area contributed by atoms with Crippen molar-refractivity contribution in [1.29, 1.82) is 0 Å². The highest BCUT2D eigenvalue weighted by atomic mass is 16.5. The molecule has 142 valence electrons. The maximum Gasteiger partial charge on any atom is 0.337 e. The van der Waals surface area contributed by atoms with Gasteiger partial charge in [0, 0.05) is 11.3 Å². The van der Waals surface area contributed by atoms with Crippen LogP contribution in [0.15, 0.2) is 42.5 Å². The van der Waals surface area contributed by atoms with Crippen molar-refractivity contribution in [2.24, 2.45) is 0 Å². The van der Waals surface area contributed by atoms with Gasteiger partial charge in [-0.25, -0.2) is 4.79 Å². The third-order valence-electron chi connectivity index (χ3n) is 3.79. The fourth-order valence-corrected chi connectivity index (χ4v) is 2.31. The van der Waals surface area contributed by atoms with Gasteiger partial charge in [0.05, 0.1) is 19.8 Å². The standard InChI is InChI=1S/C20H21NO6/c1-12(22)14-6-5-7-16(10-14)21-19(23)13(2)27-17-9-8-15(20(24)26-4)11-18(17)25-3/h5-11,13H,1-4H3,(H,21,23)/t13-/m0/s1. The van der Waals surface area contributed by atoms with Gasteiger partial charge in [0.25, 0.3) is 5.91 Å². The molecule has 2 aromatic rings. The highest BCUT2D eigenvalue weighted by Crippen LogP contribution is 2.29. The van der Waals surface area contributed by atoms with E-state index in [1.807, 2.05) is 0 Å². The van der Waals surface area contributed by atoms with E-state index in [0.717, 1.165) is 0 Å². The highest BCUT2D eigenvalue weighted by Gasteiger charge is 2.19. The van der Waals surface area contributed by atoms with Crippen LogP contribution in [0.4, 0.5) is 5.69 Å². The van der Waals surface area contributed by atoms with Crippen LogP contribution in [0.25, 0.3) is 0 Å². The van der Waals surface area contributed by atoms with Crippen LogP contribution < -0.4 is 14.8 Å². The van der Waals surface area contributed by atoms with Crippen molar-refractivity contribution in [2.45, 2.75) is 20.0 Å². The molecule has 0 aliphatic rings. The number of amides is 1. The first-order valence-corrected chi connectivity index (χ1v) is 8.20. The third kappa shape index (κ3) is 5.07. The molecule has 0 saturated heterocycles. The van der Waals surface area contributed by atoms with Crippen LogP contribution in [-0.4, -0.2) is 38.0 Å². The Morgan fingerprint density at radius 1 is 0.963 bits per heavy atom. The van der Waals surface area contributed by atoms with Crippen molar-refractivity contribution in [3.8, 4) is 11.5 Å². The van der Waals surface area contributed by atoms with Crippen LogP contribution >= 0.6 is 0 Å². The van der Waals surface area contributed by atoms with Crippen molar-refractivity contribution in [3.63, 3.8) is 0 Å². The van der Waals surface area contributed by atoms with E-state index in [1.54, 1.807) is 31.2 Å². The molecule has 7 nitrogen and oxygen atoms in total. The lowest BCUT2D eigenvalue weighted by atomic mass is 10.1. The zero-order valence-electron chi connectivity index (χ0n) is 15.6. The van der Waals surface area contributed by atoms with E-state index in [9.17, 15) is 14.4 Å². The molecule has 0 heterocycles. The largest absolute Gasteiger partial charge is 0.493 e. The molecule has 0 aliphatic carbocycles. The third-order valence-corrected chi connectivity index (χ3v) is 3.79. The molecule has 0 spiro atoms. The molecule has 1 amide bonds. The molecule has 1 atom stereocenters. The number of methoxy groups -OCH3 is 2. The second kappa shape index (κ2) is 8.84. The number of carbonyl (C=O) groups is 3. The normalized spacial score (nSPS) is 11.3. The van der Waals surface area contributed by atoms with Gasteiger partial charge in [0.1, 0.15) is 0 Å². The minimum Gasteiger partial charge on any atom is -0.493 e. The molecule has 0 bridgehead atoms. The Bertz CT molecular complexity index is 861. The number of hydrogen-bond acceptors (Lipinski definition) is 6. The van der Waals surface area contributed by atoms with Gasteiger partial charge < -0.3 is 19.5 Å². The Kier molecular flexibility index (Phi) is 6.54. The molecule has 0 radical (unpaired) electrons. The summed E-state index contributed by atoms with van der Waals surface area (Å²) in [6.45, 7) is 3.04. The Morgan fingerprint density at radius 2 is 1.70 bits per heavy atom. The summed E-state index contributed by atoms with van der Waals surface area (Å²) < 4.78 is 15.5. The van der Waals surface area contributed by atoms with Crippen molar-refractivity contribution >= 4 is 23.3 Å². The lowest BCUT2D eigenvalue weighted by Gasteiger charge is -2.17. The van der Waals surface area contributed by atoms with Crippen LogP contribution in [0.5, 0.6) is 11.5 Å². The van der Waals surface area contributed by atoms with Crippen LogP contribution in [0.2, 0.25) is 0 Å². The summed E-state index contributed by atoms with van der Waals surface area (Å²) in [4.78, 5) is 35.4. The molecule has 7 heteroatoms. The van der Waals surface area contributed by atoms with Crippen molar-refractivity contribution in [2.75, 3.05) is 19.5 Å². The van der Waals surface area contributed by atoms with E-state index in [2.05, 4.69) is 10.1 Å². The van der Waals surface area contributed by atoms with Crippen LogP contribution in [0, 0.1) is 0 Å². The summed E-state index contributed by atoms with van der Waals surface area (Å²) in [7, 11) is 2.72. The van der Waals surface area contributed by atoms with Gasteiger partial charge in [-0.2, -0.15) is 0 Å². The number of carbonyl (C=O) groups excluding carboxylic acids is 3. The number of Topliss-reactive ketones (excluding diaryl/α,β-unsaturated/α-hetero) is 1. The van der Waals surface area contributed by atoms with E-state index in [-0.39, 0.29) is 5.78 Å². The van der Waals surface area contributed by atoms with Gasteiger partial charge in [0.2, 0.25) is 0 Å². The SMILES string of the molecule is COC(=O)c1ccc(O[C@@H](C)C(=O)Nc2cccc(C(C)=O)c2)c(OC)c1. The molecule has 2 aromatic carbocycles. The summed E-state index contributed by atoms with van der Waals surface area (Å²) in [5, 5.41) is 2.70. The Hall–Kier alpha value is -3.35. The lowest BCUT2D eigenvalue weighted by Crippen LogP contribution is -2.30. The Labute approximate surface area is 157 Å². The second-order valence-corrected chi connectivity index (χ2v) is 5.74. The minimum absolute atomic E-state index is 0.0918. The van der Waals surface area contributed by atoms with Gasteiger partial charge in [-0.1, -0.05) is 12.1 Å². The Balaban J connectivity index is 2.11. The van der Waals surface area contributed by atoms with E-state index >= 15 is 0 Å². The number of esters is 1. The van der Waals surface area contributed by atoms with Gasteiger partial charge in [-0.05, 0) is 44.2 Å². The summed E-state index contributed by atoms with van der Waals surface area (Å²) in [6, 6.07) is 11.2. The summed E-state index contributed by atoms with van der Waals surface area (Å²) in [6.07, 6.45) is -0.844. The van der Waals surface area contributed by atoms with E-state index in [4.69, 9.17) is 9.47 Å². The molecule has 0 aliphatic heterocycles. The van der Waals surface area contributed by atoms with Crippen molar-refractivity contribution < 1.29 is 28.6 Å². The van der Waals surface area contributed by atoms with Gasteiger partial charge in [0.15, 0.2) is 23.4 Å². The number of hydrogen-bond donors (Lipinski definition) is 1. The van der Waals surface area contributed by atoms with Gasteiger partial charge in [-0.3, -0.25) is 9.59 Å². The topological polar surface area (TPSA) is 90.9 Å². The van der Waals surface area contributed by atoms with E-state index in [1.165, 1.54) is 39.3 Å². The average molecular weight is 371 g/mol. The van der Waals surface area contributed by atoms with Crippen LogP contribution in [0.1, 0.15) is 34.6 Å². The number of anilines is 1. The number of nitrogens with one attached hydrogen (secondary N) is 1. The number of benzene rings is 2. The van der Waals surface area contributed by atoms with Crippen LogP contribution in [0.3, 0.4) is 0 Å². The van der Waals surface area contributed by atoms with E-state index in [0.29, 0.717) is 28.3 Å². The van der Waals surface area contributed by atoms with Crippen molar-refractivity contribution in [1.82, 2.24) is 0 Å². The highest BCUT2D eigenvalue weighted by molar-refractivity contribution is 5.98. The molecule has 0 saturated carbocycles. The zero-order valence-corrected chi connectivity index (χ0v) is 15.6. The predicted molar refractivity (Wildman–Crippen MR) is 99.5 cm³/mol.